The van der Waals surface area contributed by atoms with Crippen LogP contribution in [0.4, 0.5) is 0 Å². The van der Waals surface area contributed by atoms with Crippen molar-refractivity contribution in [3.05, 3.63) is 66.9 Å². The first-order valence-electron chi connectivity index (χ1n) is 7.86. The Morgan fingerprint density at radius 3 is 2.73 bits per heavy atom. The second-order valence-corrected chi connectivity index (χ2v) is 6.56. The fourth-order valence-electron chi connectivity index (χ4n) is 3.08. The first-order chi connectivity index (χ1) is 12.3. The van der Waals surface area contributed by atoms with Crippen molar-refractivity contribution in [2.75, 3.05) is 0 Å². The summed E-state index contributed by atoms with van der Waals surface area (Å²) >= 11 is 5.95. The summed E-state index contributed by atoms with van der Waals surface area (Å²) in [4.78, 5) is 28.5. The van der Waals surface area contributed by atoms with Gasteiger partial charge in [0.1, 0.15) is 22.4 Å². The fraction of sp³-hybridized carbons (Fsp3) is 0.167. The van der Waals surface area contributed by atoms with Crippen LogP contribution in [0.5, 0.6) is 5.88 Å². The van der Waals surface area contributed by atoms with Crippen LogP contribution in [-0.2, 0) is 6.54 Å². The Bertz CT molecular complexity index is 1300. The molecule has 0 spiro atoms. The molecule has 1 aromatic carbocycles. The molecule has 0 aliphatic carbocycles. The molecule has 3 aromatic heterocycles. The number of furan rings is 1. The molecular formula is C18H14ClN3O4. The molecule has 26 heavy (non-hydrogen) atoms. The third kappa shape index (κ3) is 2.48. The predicted molar refractivity (Wildman–Crippen MR) is 98.1 cm³/mol. The van der Waals surface area contributed by atoms with Gasteiger partial charge in [-0.05, 0) is 38.1 Å². The maximum Gasteiger partial charge on any atom is 0.280 e. The molecule has 7 nitrogen and oxygen atoms in total. The van der Waals surface area contributed by atoms with Crippen molar-refractivity contribution in [3.8, 4) is 5.88 Å². The summed E-state index contributed by atoms with van der Waals surface area (Å²) in [6.07, 6.45) is 0. The first-order valence-corrected chi connectivity index (χ1v) is 8.24. The molecule has 0 saturated heterocycles. The van der Waals surface area contributed by atoms with E-state index < -0.39 is 16.9 Å². The first kappa shape index (κ1) is 16.4. The summed E-state index contributed by atoms with van der Waals surface area (Å²) in [5, 5.41) is 14.8. The average molecular weight is 372 g/mol. The van der Waals surface area contributed by atoms with Gasteiger partial charge in [0.15, 0.2) is 0 Å². The number of aromatic nitrogens is 3. The third-order valence-electron chi connectivity index (χ3n) is 4.31. The van der Waals surface area contributed by atoms with E-state index in [1.165, 1.54) is 0 Å². The third-order valence-corrected chi connectivity index (χ3v) is 4.55. The number of hydrogen-bond donors (Lipinski definition) is 2. The number of nitrogens with one attached hydrogen (secondary N) is 1. The van der Waals surface area contributed by atoms with Crippen LogP contribution in [0, 0.1) is 13.8 Å². The van der Waals surface area contributed by atoms with Crippen LogP contribution in [0.15, 0.2) is 38.3 Å². The molecule has 132 valence electrons. The monoisotopic (exact) mass is 371 g/mol. The summed E-state index contributed by atoms with van der Waals surface area (Å²) in [7, 11) is 0. The number of aromatic amines is 1. The maximum absolute atomic E-state index is 12.8. The zero-order chi connectivity index (χ0) is 18.6. The van der Waals surface area contributed by atoms with Crippen molar-refractivity contribution in [1.82, 2.24) is 14.8 Å². The van der Waals surface area contributed by atoms with E-state index in [2.05, 4.69) is 10.1 Å². The van der Waals surface area contributed by atoms with E-state index in [1.54, 1.807) is 38.1 Å². The molecule has 0 aliphatic rings. The molecule has 0 amide bonds. The second-order valence-electron chi connectivity index (χ2n) is 6.12. The van der Waals surface area contributed by atoms with Crippen LogP contribution >= 0.6 is 11.6 Å². The van der Waals surface area contributed by atoms with Gasteiger partial charge in [-0.1, -0.05) is 11.6 Å². The van der Waals surface area contributed by atoms with Crippen molar-refractivity contribution >= 4 is 33.4 Å². The highest BCUT2D eigenvalue weighted by molar-refractivity contribution is 6.31. The lowest BCUT2D eigenvalue weighted by Crippen LogP contribution is -2.28. The molecule has 0 unspecified atom stereocenters. The van der Waals surface area contributed by atoms with Gasteiger partial charge in [0.25, 0.3) is 11.4 Å². The highest BCUT2D eigenvalue weighted by atomic mass is 35.5. The van der Waals surface area contributed by atoms with E-state index in [-0.39, 0.29) is 17.4 Å². The molecule has 3 heterocycles. The van der Waals surface area contributed by atoms with Crippen LogP contribution in [-0.4, -0.2) is 19.9 Å². The van der Waals surface area contributed by atoms with Gasteiger partial charge in [-0.25, -0.2) is 4.68 Å². The number of hydrogen-bond acceptors (Lipinski definition) is 5. The zero-order valence-corrected chi connectivity index (χ0v) is 14.7. The molecule has 2 N–H and O–H groups in total. The Hall–Kier alpha value is -3.06. The van der Waals surface area contributed by atoms with Crippen LogP contribution in [0.2, 0.25) is 5.02 Å². The molecule has 0 aliphatic heterocycles. The minimum absolute atomic E-state index is 0.00823. The van der Waals surface area contributed by atoms with Crippen LogP contribution in [0.3, 0.4) is 0 Å². The lowest BCUT2D eigenvalue weighted by atomic mass is 10.1. The lowest BCUT2D eigenvalue weighted by molar-refractivity contribution is 0.430. The summed E-state index contributed by atoms with van der Waals surface area (Å²) in [6, 6.07) is 6.46. The lowest BCUT2D eigenvalue weighted by Gasteiger charge is -2.08. The molecule has 0 saturated carbocycles. The van der Waals surface area contributed by atoms with Gasteiger partial charge in [-0.2, -0.15) is 0 Å². The van der Waals surface area contributed by atoms with Gasteiger partial charge in [-0.15, -0.1) is 5.10 Å². The van der Waals surface area contributed by atoms with Crippen molar-refractivity contribution in [2.45, 2.75) is 20.4 Å². The molecular weight excluding hydrogens is 358 g/mol. The highest BCUT2D eigenvalue weighted by Crippen LogP contribution is 2.21. The van der Waals surface area contributed by atoms with Gasteiger partial charge < -0.3 is 14.5 Å². The van der Waals surface area contributed by atoms with E-state index in [0.717, 1.165) is 10.2 Å². The SMILES string of the molecule is Cc1cc(Cn2nc(O)c3[nH]c4cc(Cl)ccc4c(=O)c3c2=O)c(C)o1. The number of nitrogens with zero attached hydrogens (tertiary/aromatic N) is 2. The molecule has 4 rings (SSSR count). The maximum atomic E-state index is 12.8. The minimum Gasteiger partial charge on any atom is -0.491 e. The second kappa shape index (κ2) is 5.74. The summed E-state index contributed by atoms with van der Waals surface area (Å²) in [5.41, 5.74) is 0.0904. The smallest absolute Gasteiger partial charge is 0.280 e. The van der Waals surface area contributed by atoms with Crippen molar-refractivity contribution in [2.24, 2.45) is 0 Å². The number of halogens is 1. The Balaban J connectivity index is 2.02. The number of aromatic hydroxyl groups is 1. The summed E-state index contributed by atoms with van der Waals surface area (Å²) < 4.78 is 6.51. The fourth-order valence-corrected chi connectivity index (χ4v) is 3.25. The molecule has 8 heteroatoms. The summed E-state index contributed by atoms with van der Waals surface area (Å²) in [6.45, 7) is 3.66. The number of benzene rings is 1. The molecule has 0 fully saturated rings. The number of H-pyrrole nitrogens is 1. The normalized spacial score (nSPS) is 11.5. The van der Waals surface area contributed by atoms with Gasteiger partial charge in [0.2, 0.25) is 5.43 Å². The number of fused-ring (bicyclic) bond motifs is 2. The number of rotatable bonds is 2. The highest BCUT2D eigenvalue weighted by Gasteiger charge is 2.17. The van der Waals surface area contributed by atoms with Crippen LogP contribution in [0.1, 0.15) is 17.1 Å². The van der Waals surface area contributed by atoms with Gasteiger partial charge in [0, 0.05) is 16.0 Å². The van der Waals surface area contributed by atoms with Crippen molar-refractivity contribution < 1.29 is 9.52 Å². The molecule has 0 atom stereocenters. The molecule has 0 radical (unpaired) electrons. The topological polar surface area (TPSA) is 101 Å². The Morgan fingerprint density at radius 2 is 2.04 bits per heavy atom. The minimum atomic E-state index is -0.589. The van der Waals surface area contributed by atoms with Gasteiger partial charge >= 0.3 is 0 Å². The Morgan fingerprint density at radius 1 is 1.27 bits per heavy atom. The quantitative estimate of drug-likeness (QED) is 0.527. The number of pyridine rings is 1. The largest absolute Gasteiger partial charge is 0.491 e. The van der Waals surface area contributed by atoms with Crippen LogP contribution in [0.25, 0.3) is 21.8 Å². The zero-order valence-electron chi connectivity index (χ0n) is 14.0. The Kier molecular flexibility index (Phi) is 3.62. The molecule has 4 aromatic rings. The average Bonchev–Trinajstić information content (AvgIpc) is 2.89. The summed E-state index contributed by atoms with van der Waals surface area (Å²) in [5.74, 6) is 0.922. The van der Waals surface area contributed by atoms with Crippen LogP contribution < -0.4 is 11.0 Å². The van der Waals surface area contributed by atoms with E-state index in [9.17, 15) is 14.7 Å². The van der Waals surface area contributed by atoms with E-state index in [1.807, 2.05) is 0 Å². The van der Waals surface area contributed by atoms with Gasteiger partial charge in [0.05, 0.1) is 12.1 Å². The predicted octanol–water partition coefficient (Wildman–Crippen LogP) is 2.86. The van der Waals surface area contributed by atoms with E-state index in [4.69, 9.17) is 16.0 Å². The standard InChI is InChI=1S/C18H14ClN3O4/c1-8-5-10(9(2)26-8)7-22-18(25)14-15(17(24)21-22)20-13-6-11(19)3-4-12(13)16(14)23/h3-6H,7H2,1-2H3,(H,20,23)(H,21,24). The van der Waals surface area contributed by atoms with Crippen molar-refractivity contribution in [3.63, 3.8) is 0 Å². The molecule has 0 bridgehead atoms. The Labute approximate surface area is 151 Å². The van der Waals surface area contributed by atoms with E-state index >= 15 is 0 Å². The number of aryl methyl sites for hydroxylation is 2. The van der Waals surface area contributed by atoms with Gasteiger partial charge in [-0.3, -0.25) is 9.59 Å². The van der Waals surface area contributed by atoms with E-state index in [0.29, 0.717) is 27.4 Å². The van der Waals surface area contributed by atoms with Crippen molar-refractivity contribution in [1.29, 1.82) is 0 Å².